The Morgan fingerprint density at radius 1 is 1.24 bits per heavy atom. The second-order valence-corrected chi connectivity index (χ2v) is 8.09. The lowest BCUT2D eigenvalue weighted by atomic mass is 9.96. The molecule has 1 amide bonds. The van der Waals surface area contributed by atoms with Gasteiger partial charge in [-0.25, -0.2) is 4.98 Å². The maximum atomic E-state index is 12.4. The molecule has 4 rings (SSSR count). The molecule has 0 bridgehead atoms. The van der Waals surface area contributed by atoms with E-state index in [1.54, 1.807) is 6.20 Å². The molecule has 0 atom stereocenters. The molecular weight excluding hydrogens is 362 g/mol. The summed E-state index contributed by atoms with van der Waals surface area (Å²) in [6.07, 6.45) is 4.89. The summed E-state index contributed by atoms with van der Waals surface area (Å²) < 4.78 is 0. The first kappa shape index (κ1) is 19.6. The van der Waals surface area contributed by atoms with Gasteiger partial charge >= 0.3 is 0 Å². The number of hydrogen-bond acceptors (Lipinski definition) is 4. The maximum absolute atomic E-state index is 12.4. The Balaban J connectivity index is 1.21. The Morgan fingerprint density at radius 3 is 2.86 bits per heavy atom. The molecule has 0 spiro atoms. The zero-order valence-corrected chi connectivity index (χ0v) is 17.2. The molecule has 6 nitrogen and oxygen atoms in total. The molecule has 1 aliphatic rings. The van der Waals surface area contributed by atoms with Crippen LogP contribution < -0.4 is 5.32 Å². The number of nitrogens with zero attached hydrogens (tertiary/aromatic N) is 3. The van der Waals surface area contributed by atoms with E-state index in [2.05, 4.69) is 45.3 Å². The number of amides is 1. The van der Waals surface area contributed by atoms with Crippen molar-refractivity contribution in [1.82, 2.24) is 25.2 Å². The van der Waals surface area contributed by atoms with Crippen molar-refractivity contribution in [3.63, 3.8) is 0 Å². The van der Waals surface area contributed by atoms with Crippen molar-refractivity contribution in [1.29, 1.82) is 0 Å². The van der Waals surface area contributed by atoms with Crippen molar-refractivity contribution >= 4 is 16.9 Å². The minimum atomic E-state index is -0.0156. The lowest BCUT2D eigenvalue weighted by Gasteiger charge is -2.31. The summed E-state index contributed by atoms with van der Waals surface area (Å²) in [5.74, 6) is 1.59. The van der Waals surface area contributed by atoms with Gasteiger partial charge in [0.2, 0.25) is 0 Å². The normalized spacial score (nSPS) is 15.7. The van der Waals surface area contributed by atoms with Gasteiger partial charge in [0.15, 0.2) is 0 Å². The number of hydrogen-bond donors (Lipinski definition) is 2. The smallest absolute Gasteiger partial charge is 0.253 e. The van der Waals surface area contributed by atoms with E-state index in [4.69, 9.17) is 4.98 Å². The number of likely N-dealkylation sites (tertiary alicyclic amines) is 1. The van der Waals surface area contributed by atoms with Crippen LogP contribution in [0.15, 0.2) is 36.5 Å². The van der Waals surface area contributed by atoms with Crippen LogP contribution >= 0.6 is 0 Å². The highest BCUT2D eigenvalue weighted by molar-refractivity contribution is 5.95. The third-order valence-corrected chi connectivity index (χ3v) is 5.86. The van der Waals surface area contributed by atoms with Crippen molar-refractivity contribution < 1.29 is 4.79 Å². The number of nitrogens with one attached hydrogen (secondary N) is 2. The average Bonchev–Trinajstić information content (AvgIpc) is 3.13. The minimum Gasteiger partial charge on any atom is -0.352 e. The highest BCUT2D eigenvalue weighted by atomic mass is 16.1. The van der Waals surface area contributed by atoms with E-state index in [9.17, 15) is 4.79 Å². The van der Waals surface area contributed by atoms with Gasteiger partial charge in [0, 0.05) is 31.4 Å². The Hall–Kier alpha value is -2.73. The fourth-order valence-electron chi connectivity index (χ4n) is 4.03. The van der Waals surface area contributed by atoms with Crippen molar-refractivity contribution in [2.75, 3.05) is 26.2 Å². The summed E-state index contributed by atoms with van der Waals surface area (Å²) in [6, 6.07) is 9.98. The molecule has 0 radical (unpaired) electrons. The van der Waals surface area contributed by atoms with Gasteiger partial charge in [-0.05, 0) is 75.5 Å². The van der Waals surface area contributed by atoms with Gasteiger partial charge in [-0.2, -0.15) is 0 Å². The predicted octanol–water partition coefficient (Wildman–Crippen LogP) is 3.26. The Morgan fingerprint density at radius 2 is 2.07 bits per heavy atom. The Bertz CT molecular complexity index is 988. The summed E-state index contributed by atoms with van der Waals surface area (Å²) in [5, 5.41) is 3.09. The van der Waals surface area contributed by atoms with Crippen LogP contribution in [0.2, 0.25) is 0 Å². The second-order valence-electron chi connectivity index (χ2n) is 8.09. The first-order valence-electron chi connectivity index (χ1n) is 10.5. The summed E-state index contributed by atoms with van der Waals surface area (Å²) in [6.45, 7) is 7.88. The van der Waals surface area contributed by atoms with Gasteiger partial charge in [-0.15, -0.1) is 0 Å². The number of imidazole rings is 1. The van der Waals surface area contributed by atoms with Crippen molar-refractivity contribution in [3.05, 3.63) is 59.2 Å². The molecule has 2 aromatic heterocycles. The molecule has 3 heterocycles. The van der Waals surface area contributed by atoms with Crippen molar-refractivity contribution in [3.8, 4) is 0 Å². The Labute approximate surface area is 171 Å². The molecule has 2 N–H and O–H groups in total. The molecule has 0 saturated carbocycles. The van der Waals surface area contributed by atoms with Gasteiger partial charge in [0.25, 0.3) is 5.91 Å². The lowest BCUT2D eigenvalue weighted by Crippen LogP contribution is -2.39. The van der Waals surface area contributed by atoms with Crippen molar-refractivity contribution in [2.24, 2.45) is 5.92 Å². The number of aryl methyl sites for hydroxylation is 2. The predicted molar refractivity (Wildman–Crippen MR) is 115 cm³/mol. The highest BCUT2D eigenvalue weighted by Crippen LogP contribution is 2.18. The van der Waals surface area contributed by atoms with Crippen LogP contribution in [-0.4, -0.2) is 51.9 Å². The quantitative estimate of drug-likeness (QED) is 0.676. The zero-order chi connectivity index (χ0) is 20.2. The van der Waals surface area contributed by atoms with E-state index in [1.807, 2.05) is 19.1 Å². The molecule has 1 aliphatic heterocycles. The molecule has 1 saturated heterocycles. The van der Waals surface area contributed by atoms with Crippen LogP contribution in [0.5, 0.6) is 0 Å². The van der Waals surface area contributed by atoms with Gasteiger partial charge in [0.1, 0.15) is 5.82 Å². The standard InChI is InChI=1S/C23H29N5O/c1-16-5-6-20-21(14-16)27-22(26-20)9-13-28-11-7-18(8-12-28)15-25-23(29)19-4-3-10-24-17(19)2/h3-6,10,14,18H,7-9,11-13,15H2,1-2H3,(H,25,29)(H,26,27). The van der Waals surface area contributed by atoms with Crippen LogP contribution in [0.4, 0.5) is 0 Å². The Kier molecular flexibility index (Phi) is 5.90. The molecule has 3 aromatic rings. The summed E-state index contributed by atoms with van der Waals surface area (Å²) in [5.41, 5.74) is 4.87. The van der Waals surface area contributed by atoms with Gasteiger partial charge < -0.3 is 15.2 Å². The molecule has 1 aromatic carbocycles. The van der Waals surface area contributed by atoms with E-state index in [-0.39, 0.29) is 5.91 Å². The number of aromatic amines is 1. The number of carbonyl (C=O) groups is 1. The third-order valence-electron chi connectivity index (χ3n) is 5.86. The number of rotatable bonds is 6. The number of H-pyrrole nitrogens is 1. The number of aromatic nitrogens is 3. The number of carbonyl (C=O) groups excluding carboxylic acids is 1. The third kappa shape index (κ3) is 4.82. The molecule has 1 fully saturated rings. The average molecular weight is 392 g/mol. The minimum absolute atomic E-state index is 0.0156. The number of piperidine rings is 1. The number of pyridine rings is 1. The van der Waals surface area contributed by atoms with Crippen LogP contribution in [-0.2, 0) is 6.42 Å². The summed E-state index contributed by atoms with van der Waals surface area (Å²) >= 11 is 0. The SMILES string of the molecule is Cc1ccc2nc(CCN3CCC(CNC(=O)c4cccnc4C)CC3)[nH]c2c1. The fraction of sp³-hybridized carbons (Fsp3) is 0.435. The highest BCUT2D eigenvalue weighted by Gasteiger charge is 2.20. The first-order chi connectivity index (χ1) is 14.1. The summed E-state index contributed by atoms with van der Waals surface area (Å²) in [7, 11) is 0. The fourth-order valence-corrected chi connectivity index (χ4v) is 4.03. The monoisotopic (exact) mass is 391 g/mol. The van der Waals surface area contributed by atoms with Gasteiger partial charge in [-0.1, -0.05) is 6.07 Å². The number of fused-ring (bicyclic) bond motifs is 1. The van der Waals surface area contributed by atoms with Gasteiger partial charge in [0.05, 0.1) is 16.6 Å². The first-order valence-corrected chi connectivity index (χ1v) is 10.5. The van der Waals surface area contributed by atoms with Gasteiger partial charge in [-0.3, -0.25) is 9.78 Å². The van der Waals surface area contributed by atoms with E-state index in [0.717, 1.165) is 68.0 Å². The molecule has 0 unspecified atom stereocenters. The van der Waals surface area contributed by atoms with E-state index >= 15 is 0 Å². The second kappa shape index (κ2) is 8.74. The maximum Gasteiger partial charge on any atom is 0.253 e. The molecule has 29 heavy (non-hydrogen) atoms. The molecule has 6 heteroatoms. The van der Waals surface area contributed by atoms with E-state index < -0.39 is 0 Å². The van der Waals surface area contributed by atoms with E-state index in [1.165, 1.54) is 5.56 Å². The molecule has 0 aliphatic carbocycles. The zero-order valence-electron chi connectivity index (χ0n) is 17.2. The van der Waals surface area contributed by atoms with E-state index in [0.29, 0.717) is 11.5 Å². The molecular formula is C23H29N5O. The van der Waals surface area contributed by atoms with Crippen LogP contribution in [0.3, 0.4) is 0 Å². The molecule has 152 valence electrons. The largest absolute Gasteiger partial charge is 0.352 e. The van der Waals surface area contributed by atoms with Crippen LogP contribution in [0.25, 0.3) is 11.0 Å². The van der Waals surface area contributed by atoms with Crippen LogP contribution in [0, 0.1) is 19.8 Å². The number of benzene rings is 1. The van der Waals surface area contributed by atoms with Crippen molar-refractivity contribution in [2.45, 2.75) is 33.1 Å². The van der Waals surface area contributed by atoms with Crippen LogP contribution in [0.1, 0.15) is 40.3 Å². The summed E-state index contributed by atoms with van der Waals surface area (Å²) in [4.78, 5) is 27.2. The lowest BCUT2D eigenvalue weighted by molar-refractivity contribution is 0.0935. The topological polar surface area (TPSA) is 73.9 Å².